The Kier molecular flexibility index (Phi) is 4.59. The third-order valence-electron chi connectivity index (χ3n) is 3.13. The highest BCUT2D eigenvalue weighted by Gasteiger charge is 2.10. The Bertz CT molecular complexity index is 551. The molecule has 2 rings (SSSR count). The second kappa shape index (κ2) is 6.20. The highest BCUT2D eigenvalue weighted by Crippen LogP contribution is 2.28. The van der Waals surface area contributed by atoms with E-state index in [1.165, 1.54) is 5.56 Å². The van der Waals surface area contributed by atoms with Gasteiger partial charge in [0.05, 0.1) is 7.11 Å². The zero-order chi connectivity index (χ0) is 13.8. The first kappa shape index (κ1) is 14.1. The molecule has 0 heterocycles. The van der Waals surface area contributed by atoms with Crippen LogP contribution in [0.15, 0.2) is 42.5 Å². The zero-order valence-electron chi connectivity index (χ0n) is 11.0. The van der Waals surface area contributed by atoms with E-state index < -0.39 is 0 Å². The molecule has 1 nitrogen and oxygen atoms in total. The Morgan fingerprint density at radius 3 is 2.42 bits per heavy atom. The molecule has 0 amide bonds. The summed E-state index contributed by atoms with van der Waals surface area (Å²) in [4.78, 5) is 0.107. The van der Waals surface area contributed by atoms with Gasteiger partial charge in [0, 0.05) is 4.83 Å². The van der Waals surface area contributed by atoms with Gasteiger partial charge in [-0.25, -0.2) is 4.39 Å². The summed E-state index contributed by atoms with van der Waals surface area (Å²) in [7, 11) is 1.65. The summed E-state index contributed by atoms with van der Waals surface area (Å²) in [6, 6.07) is 13.3. The summed E-state index contributed by atoms with van der Waals surface area (Å²) in [5, 5.41) is 0. The number of methoxy groups -OCH3 is 1. The van der Waals surface area contributed by atoms with Crippen molar-refractivity contribution < 1.29 is 9.13 Å². The number of hydrogen-bond donors (Lipinski definition) is 0. The topological polar surface area (TPSA) is 9.23 Å². The lowest BCUT2D eigenvalue weighted by atomic mass is 10.0. The Morgan fingerprint density at radius 1 is 1.16 bits per heavy atom. The average molecular weight is 323 g/mol. The molecule has 100 valence electrons. The minimum absolute atomic E-state index is 0.107. The van der Waals surface area contributed by atoms with Gasteiger partial charge >= 0.3 is 0 Å². The molecule has 0 fully saturated rings. The summed E-state index contributed by atoms with van der Waals surface area (Å²) < 4.78 is 18.7. The van der Waals surface area contributed by atoms with Crippen LogP contribution >= 0.6 is 15.9 Å². The predicted molar refractivity (Wildman–Crippen MR) is 79.5 cm³/mol. The SMILES string of the molecule is COc1ccc(CC(Br)c2ccc(C)c(F)c2)cc1. The monoisotopic (exact) mass is 322 g/mol. The van der Waals surface area contributed by atoms with Crippen LogP contribution in [0.25, 0.3) is 0 Å². The van der Waals surface area contributed by atoms with E-state index in [9.17, 15) is 4.39 Å². The number of halogens is 2. The zero-order valence-corrected chi connectivity index (χ0v) is 12.6. The van der Waals surface area contributed by atoms with E-state index in [-0.39, 0.29) is 10.6 Å². The van der Waals surface area contributed by atoms with Crippen LogP contribution in [0.3, 0.4) is 0 Å². The normalized spacial score (nSPS) is 12.2. The second-order valence-corrected chi connectivity index (χ2v) is 5.63. The Labute approximate surface area is 121 Å². The van der Waals surface area contributed by atoms with Crippen molar-refractivity contribution >= 4 is 15.9 Å². The minimum atomic E-state index is -0.156. The summed E-state index contributed by atoms with van der Waals surface area (Å²) in [5.41, 5.74) is 2.82. The van der Waals surface area contributed by atoms with Crippen molar-refractivity contribution in [2.45, 2.75) is 18.2 Å². The molecule has 0 saturated heterocycles. The van der Waals surface area contributed by atoms with Gasteiger partial charge in [0.25, 0.3) is 0 Å². The number of hydrogen-bond acceptors (Lipinski definition) is 1. The van der Waals surface area contributed by atoms with Gasteiger partial charge in [0.15, 0.2) is 0 Å². The highest BCUT2D eigenvalue weighted by molar-refractivity contribution is 9.09. The molecule has 0 aliphatic carbocycles. The Morgan fingerprint density at radius 2 is 1.84 bits per heavy atom. The lowest BCUT2D eigenvalue weighted by Gasteiger charge is -2.11. The fourth-order valence-electron chi connectivity index (χ4n) is 1.89. The molecule has 19 heavy (non-hydrogen) atoms. The molecule has 1 atom stereocenters. The van der Waals surface area contributed by atoms with Crippen molar-refractivity contribution in [3.63, 3.8) is 0 Å². The molecule has 3 heteroatoms. The van der Waals surface area contributed by atoms with Crippen LogP contribution in [-0.4, -0.2) is 7.11 Å². The summed E-state index contributed by atoms with van der Waals surface area (Å²) in [6.45, 7) is 1.77. The van der Waals surface area contributed by atoms with Crippen LogP contribution in [0.4, 0.5) is 4.39 Å². The van der Waals surface area contributed by atoms with Crippen LogP contribution in [0, 0.1) is 12.7 Å². The number of benzene rings is 2. The Hall–Kier alpha value is -1.35. The van der Waals surface area contributed by atoms with E-state index >= 15 is 0 Å². The number of ether oxygens (including phenoxy) is 1. The van der Waals surface area contributed by atoms with Gasteiger partial charge in [-0.15, -0.1) is 0 Å². The molecule has 0 spiro atoms. The van der Waals surface area contributed by atoms with Gasteiger partial charge < -0.3 is 4.74 Å². The molecule has 0 aromatic heterocycles. The van der Waals surface area contributed by atoms with E-state index in [2.05, 4.69) is 15.9 Å². The molecule has 0 bridgehead atoms. The first-order chi connectivity index (χ1) is 9.10. The minimum Gasteiger partial charge on any atom is -0.497 e. The van der Waals surface area contributed by atoms with E-state index in [0.29, 0.717) is 5.56 Å². The van der Waals surface area contributed by atoms with Crippen LogP contribution in [-0.2, 0) is 6.42 Å². The van der Waals surface area contributed by atoms with Gasteiger partial charge in [-0.2, -0.15) is 0 Å². The highest BCUT2D eigenvalue weighted by atomic mass is 79.9. The molecule has 2 aromatic rings. The molecule has 0 radical (unpaired) electrons. The molecular formula is C16H16BrFO. The lowest BCUT2D eigenvalue weighted by molar-refractivity contribution is 0.414. The molecule has 0 aliphatic rings. The number of aryl methyl sites for hydroxylation is 1. The molecule has 0 N–H and O–H groups in total. The Balaban J connectivity index is 2.10. The maximum absolute atomic E-state index is 13.5. The van der Waals surface area contributed by atoms with Gasteiger partial charge in [-0.1, -0.05) is 40.2 Å². The van der Waals surface area contributed by atoms with Crippen LogP contribution < -0.4 is 4.74 Å². The van der Waals surface area contributed by atoms with Crippen molar-refractivity contribution in [1.29, 1.82) is 0 Å². The average Bonchev–Trinajstić information content (AvgIpc) is 2.42. The number of rotatable bonds is 4. The third kappa shape index (κ3) is 3.57. The summed E-state index contributed by atoms with van der Waals surface area (Å²) >= 11 is 3.62. The quantitative estimate of drug-likeness (QED) is 0.733. The van der Waals surface area contributed by atoms with Gasteiger partial charge in [-0.05, 0) is 48.2 Å². The van der Waals surface area contributed by atoms with Crippen LogP contribution in [0.1, 0.15) is 21.5 Å². The van der Waals surface area contributed by atoms with E-state index in [1.807, 2.05) is 36.4 Å². The third-order valence-corrected chi connectivity index (χ3v) is 3.98. The largest absolute Gasteiger partial charge is 0.497 e. The molecule has 1 unspecified atom stereocenters. The first-order valence-corrected chi connectivity index (χ1v) is 7.05. The van der Waals surface area contributed by atoms with E-state index in [0.717, 1.165) is 17.7 Å². The van der Waals surface area contributed by atoms with Crippen molar-refractivity contribution in [2.75, 3.05) is 7.11 Å². The fraction of sp³-hybridized carbons (Fsp3) is 0.250. The molecule has 0 saturated carbocycles. The molecular weight excluding hydrogens is 307 g/mol. The first-order valence-electron chi connectivity index (χ1n) is 6.13. The number of alkyl halides is 1. The summed E-state index contributed by atoms with van der Waals surface area (Å²) in [5.74, 6) is 0.688. The molecule has 2 aromatic carbocycles. The molecule has 0 aliphatic heterocycles. The fourth-order valence-corrected chi connectivity index (χ4v) is 2.55. The maximum atomic E-state index is 13.5. The second-order valence-electron chi connectivity index (χ2n) is 4.53. The van der Waals surface area contributed by atoms with E-state index in [1.54, 1.807) is 20.1 Å². The van der Waals surface area contributed by atoms with Crippen molar-refractivity contribution in [2.24, 2.45) is 0 Å². The van der Waals surface area contributed by atoms with Gasteiger partial charge in [-0.3, -0.25) is 0 Å². The van der Waals surface area contributed by atoms with Crippen molar-refractivity contribution in [1.82, 2.24) is 0 Å². The van der Waals surface area contributed by atoms with Gasteiger partial charge in [0.2, 0.25) is 0 Å². The van der Waals surface area contributed by atoms with Crippen molar-refractivity contribution in [3.8, 4) is 5.75 Å². The van der Waals surface area contributed by atoms with Gasteiger partial charge in [0.1, 0.15) is 11.6 Å². The lowest BCUT2D eigenvalue weighted by Crippen LogP contribution is -1.97. The van der Waals surface area contributed by atoms with Crippen LogP contribution in [0.2, 0.25) is 0 Å². The van der Waals surface area contributed by atoms with Crippen molar-refractivity contribution in [3.05, 3.63) is 65.0 Å². The predicted octanol–water partition coefficient (Wildman–Crippen LogP) is 4.82. The maximum Gasteiger partial charge on any atom is 0.126 e. The smallest absolute Gasteiger partial charge is 0.126 e. The van der Waals surface area contributed by atoms with E-state index in [4.69, 9.17) is 4.74 Å². The van der Waals surface area contributed by atoms with Crippen LogP contribution in [0.5, 0.6) is 5.75 Å². The summed E-state index contributed by atoms with van der Waals surface area (Å²) in [6.07, 6.45) is 0.812. The standard InChI is InChI=1S/C16H16BrFO/c1-11-3-6-13(10-16(11)18)15(17)9-12-4-7-14(19-2)8-5-12/h3-8,10,15H,9H2,1-2H3.